The number of carboxylic acid groups (broad SMARTS) is 1. The van der Waals surface area contributed by atoms with Crippen LogP contribution in [0.5, 0.6) is 0 Å². The van der Waals surface area contributed by atoms with Crippen LogP contribution in [0, 0.1) is 17.8 Å². The maximum atomic E-state index is 12.3. The molecule has 0 radical (unpaired) electrons. The molecule has 1 unspecified atom stereocenters. The summed E-state index contributed by atoms with van der Waals surface area (Å²) in [5, 5.41) is 29.8. The van der Waals surface area contributed by atoms with Gasteiger partial charge < -0.3 is 20.1 Å². The fourth-order valence-corrected chi connectivity index (χ4v) is 4.33. The predicted molar refractivity (Wildman–Crippen MR) is 106 cm³/mol. The van der Waals surface area contributed by atoms with Crippen molar-refractivity contribution in [1.29, 1.82) is 0 Å². The molecule has 0 amide bonds. The van der Waals surface area contributed by atoms with Crippen molar-refractivity contribution >= 4 is 11.8 Å². The number of carboxylic acids is 1. The second kappa shape index (κ2) is 11.1. The highest BCUT2D eigenvalue weighted by Gasteiger charge is 2.43. The molecule has 6 nitrogen and oxygen atoms in total. The van der Waals surface area contributed by atoms with Crippen LogP contribution in [-0.4, -0.2) is 52.0 Å². The van der Waals surface area contributed by atoms with Crippen molar-refractivity contribution in [3.63, 3.8) is 0 Å². The van der Waals surface area contributed by atoms with Gasteiger partial charge in [0.05, 0.1) is 11.7 Å². The lowest BCUT2D eigenvalue weighted by Gasteiger charge is -2.27. The molecule has 0 aliphatic heterocycles. The highest BCUT2D eigenvalue weighted by Crippen LogP contribution is 2.44. The maximum Gasteiger partial charge on any atom is 0.329 e. The number of ketones is 1. The Morgan fingerprint density at radius 3 is 2.68 bits per heavy atom. The monoisotopic (exact) mass is 396 g/mol. The highest BCUT2D eigenvalue weighted by atomic mass is 16.5. The third kappa shape index (κ3) is 6.98. The average molecular weight is 397 g/mol. The molecule has 0 bridgehead atoms. The molecule has 4 atom stereocenters. The first-order chi connectivity index (χ1) is 13.4. The Kier molecular flexibility index (Phi) is 9.12. The lowest BCUT2D eigenvalue weighted by atomic mass is 9.85. The number of aliphatic hydroxyl groups is 2. The minimum Gasteiger partial charge on any atom is -0.480 e. The SMILES string of the molecule is CCCCC(O)(CC=C[C@H]1[C@H](O)CC(=O)[C@@H]1CCCCOCC(=O)O)C1CC1. The molecule has 0 aromatic rings. The minimum absolute atomic E-state index is 0.0945. The Hall–Kier alpha value is -1.24. The van der Waals surface area contributed by atoms with Crippen molar-refractivity contribution < 1.29 is 29.6 Å². The Balaban J connectivity index is 1.82. The van der Waals surface area contributed by atoms with E-state index < -0.39 is 17.7 Å². The largest absolute Gasteiger partial charge is 0.480 e. The van der Waals surface area contributed by atoms with Crippen LogP contribution >= 0.6 is 0 Å². The molecule has 2 saturated carbocycles. The van der Waals surface area contributed by atoms with E-state index in [4.69, 9.17) is 9.84 Å². The van der Waals surface area contributed by atoms with Crippen molar-refractivity contribution in [2.24, 2.45) is 17.8 Å². The summed E-state index contributed by atoms with van der Waals surface area (Å²) in [6.07, 6.45) is 11.2. The van der Waals surface area contributed by atoms with E-state index in [1.54, 1.807) is 0 Å². The summed E-state index contributed by atoms with van der Waals surface area (Å²) in [5.41, 5.74) is -0.642. The van der Waals surface area contributed by atoms with Crippen LogP contribution in [0.15, 0.2) is 12.2 Å². The van der Waals surface area contributed by atoms with Crippen LogP contribution in [-0.2, 0) is 14.3 Å². The number of Topliss-reactive ketones (excluding diaryl/α,β-unsaturated/α-hetero) is 1. The second-order valence-corrected chi connectivity index (χ2v) is 8.48. The molecule has 0 aromatic heterocycles. The number of hydrogen-bond donors (Lipinski definition) is 3. The Labute approximate surface area is 168 Å². The topological polar surface area (TPSA) is 104 Å². The number of unbranched alkanes of at least 4 members (excludes halogenated alkanes) is 2. The number of hydrogen-bond acceptors (Lipinski definition) is 5. The normalized spacial score (nSPS) is 27.4. The van der Waals surface area contributed by atoms with Gasteiger partial charge in [0.1, 0.15) is 12.4 Å². The third-order valence-electron chi connectivity index (χ3n) is 6.14. The van der Waals surface area contributed by atoms with Gasteiger partial charge in [-0.25, -0.2) is 4.79 Å². The first-order valence-corrected chi connectivity index (χ1v) is 10.8. The summed E-state index contributed by atoms with van der Waals surface area (Å²) in [4.78, 5) is 22.7. The van der Waals surface area contributed by atoms with Gasteiger partial charge in [0.15, 0.2) is 0 Å². The predicted octanol–water partition coefficient (Wildman–Crippen LogP) is 3.10. The van der Waals surface area contributed by atoms with Gasteiger partial charge >= 0.3 is 5.97 Å². The molecule has 6 heteroatoms. The van der Waals surface area contributed by atoms with Gasteiger partial charge in [-0.15, -0.1) is 0 Å². The van der Waals surface area contributed by atoms with Crippen LogP contribution in [0.4, 0.5) is 0 Å². The fraction of sp³-hybridized carbons (Fsp3) is 0.818. The van der Waals surface area contributed by atoms with Crippen LogP contribution in [0.25, 0.3) is 0 Å². The first-order valence-electron chi connectivity index (χ1n) is 10.8. The summed E-state index contributed by atoms with van der Waals surface area (Å²) in [6, 6.07) is 0. The molecule has 0 heterocycles. The fourth-order valence-electron chi connectivity index (χ4n) is 4.33. The third-order valence-corrected chi connectivity index (χ3v) is 6.14. The Bertz CT molecular complexity index is 541. The molecule has 0 aromatic carbocycles. The molecular weight excluding hydrogens is 360 g/mol. The molecule has 28 heavy (non-hydrogen) atoms. The van der Waals surface area contributed by atoms with Gasteiger partial charge in [-0.3, -0.25) is 4.79 Å². The van der Waals surface area contributed by atoms with Gasteiger partial charge in [-0.05, 0) is 44.4 Å². The summed E-state index contributed by atoms with van der Waals surface area (Å²) in [6.45, 7) is 2.19. The maximum absolute atomic E-state index is 12.3. The van der Waals surface area contributed by atoms with Crippen molar-refractivity contribution in [2.75, 3.05) is 13.2 Å². The zero-order valence-corrected chi connectivity index (χ0v) is 17.0. The second-order valence-electron chi connectivity index (χ2n) is 8.48. The molecular formula is C22H36O6. The van der Waals surface area contributed by atoms with Crippen molar-refractivity contribution in [3.8, 4) is 0 Å². The summed E-state index contributed by atoms with van der Waals surface area (Å²) in [7, 11) is 0. The molecule has 2 rings (SSSR count). The summed E-state index contributed by atoms with van der Waals surface area (Å²) < 4.78 is 5.02. The lowest BCUT2D eigenvalue weighted by molar-refractivity contribution is -0.142. The number of rotatable bonds is 14. The zero-order chi connectivity index (χ0) is 20.6. The van der Waals surface area contributed by atoms with E-state index in [1.165, 1.54) is 0 Å². The van der Waals surface area contributed by atoms with E-state index in [0.717, 1.165) is 38.5 Å². The Morgan fingerprint density at radius 1 is 1.29 bits per heavy atom. The molecule has 2 fully saturated rings. The van der Waals surface area contributed by atoms with Gasteiger partial charge in [0, 0.05) is 24.9 Å². The summed E-state index contributed by atoms with van der Waals surface area (Å²) in [5.74, 6) is -0.890. The number of ether oxygens (including phenoxy) is 1. The van der Waals surface area contributed by atoms with Crippen molar-refractivity contribution in [3.05, 3.63) is 12.2 Å². The smallest absolute Gasteiger partial charge is 0.329 e. The van der Waals surface area contributed by atoms with Gasteiger partial charge in [-0.2, -0.15) is 0 Å². The van der Waals surface area contributed by atoms with Gasteiger partial charge in [0.2, 0.25) is 0 Å². The molecule has 3 N–H and O–H groups in total. The van der Waals surface area contributed by atoms with Crippen LogP contribution < -0.4 is 0 Å². The zero-order valence-electron chi connectivity index (χ0n) is 17.0. The minimum atomic E-state index is -0.982. The van der Waals surface area contributed by atoms with Crippen molar-refractivity contribution in [2.45, 2.75) is 82.8 Å². The molecule has 0 saturated heterocycles. The highest BCUT2D eigenvalue weighted by molar-refractivity contribution is 5.84. The van der Waals surface area contributed by atoms with Gasteiger partial charge in [-0.1, -0.05) is 38.3 Å². The lowest BCUT2D eigenvalue weighted by Crippen LogP contribution is -2.30. The van der Waals surface area contributed by atoms with E-state index in [0.29, 0.717) is 31.8 Å². The first kappa shape index (κ1) is 23.0. The molecule has 2 aliphatic carbocycles. The van der Waals surface area contributed by atoms with Crippen LogP contribution in [0.1, 0.15) is 71.1 Å². The quantitative estimate of drug-likeness (QED) is 0.308. The number of carbonyl (C=O) groups is 2. The molecule has 2 aliphatic rings. The molecule has 0 spiro atoms. The van der Waals surface area contributed by atoms with Gasteiger partial charge in [0.25, 0.3) is 0 Å². The summed E-state index contributed by atoms with van der Waals surface area (Å²) >= 11 is 0. The van der Waals surface area contributed by atoms with E-state index in [-0.39, 0.29) is 30.6 Å². The van der Waals surface area contributed by atoms with Crippen molar-refractivity contribution in [1.82, 2.24) is 0 Å². The number of aliphatic hydroxyl groups excluding tert-OH is 1. The van der Waals surface area contributed by atoms with E-state index >= 15 is 0 Å². The number of aliphatic carboxylic acids is 1. The van der Waals surface area contributed by atoms with E-state index in [2.05, 4.69) is 6.92 Å². The standard InChI is InChI=1S/C22H36O6/c1-2-3-11-22(27,16-9-10-16)12-6-8-18-17(19(23)14-20(18)24)7-4-5-13-28-15-21(25)26/h6,8,16-18,20,24,27H,2-5,7,9-15H2,1H3,(H,25,26)/t17-,18-,20-,22?/m1/s1. The average Bonchev–Trinajstić information content (AvgIpc) is 3.45. The van der Waals surface area contributed by atoms with Crippen LogP contribution in [0.3, 0.4) is 0 Å². The van der Waals surface area contributed by atoms with E-state index in [1.807, 2.05) is 12.2 Å². The Morgan fingerprint density at radius 2 is 2.04 bits per heavy atom. The molecule has 160 valence electrons. The van der Waals surface area contributed by atoms with E-state index in [9.17, 15) is 19.8 Å². The number of carbonyl (C=O) groups excluding carboxylic acids is 1. The van der Waals surface area contributed by atoms with Crippen LogP contribution in [0.2, 0.25) is 0 Å².